The van der Waals surface area contributed by atoms with Crippen LogP contribution in [0.1, 0.15) is 30.2 Å². The Kier molecular flexibility index (Phi) is 5.52. The number of H-pyrrole nitrogens is 1. The summed E-state index contributed by atoms with van der Waals surface area (Å²) in [6.45, 7) is 5.44. The van der Waals surface area contributed by atoms with Crippen LogP contribution in [0.2, 0.25) is 0 Å². The number of benzene rings is 3. The lowest BCUT2D eigenvalue weighted by molar-refractivity contribution is 0.261. The van der Waals surface area contributed by atoms with Gasteiger partial charge in [-0.05, 0) is 78.7 Å². The Balaban J connectivity index is 0.00000245. The first kappa shape index (κ1) is 19.9. The van der Waals surface area contributed by atoms with Crippen LogP contribution in [-0.4, -0.2) is 30.1 Å². The minimum Gasteiger partial charge on any atom is -0.497 e. The van der Waals surface area contributed by atoms with Crippen molar-refractivity contribution in [2.75, 3.05) is 20.2 Å². The Morgan fingerprint density at radius 2 is 1.81 bits per heavy atom. The molecule has 0 saturated carbocycles. The van der Waals surface area contributed by atoms with Crippen molar-refractivity contribution in [3.05, 3.63) is 89.1 Å². The van der Waals surface area contributed by atoms with Gasteiger partial charge in [0.2, 0.25) is 0 Å². The van der Waals surface area contributed by atoms with E-state index in [1.54, 1.807) is 7.11 Å². The van der Waals surface area contributed by atoms with E-state index in [0.29, 0.717) is 0 Å². The van der Waals surface area contributed by atoms with E-state index in [9.17, 15) is 0 Å². The van der Waals surface area contributed by atoms with Gasteiger partial charge in [0.05, 0.1) is 7.11 Å². The van der Waals surface area contributed by atoms with E-state index in [1.165, 1.54) is 50.8 Å². The lowest BCUT2D eigenvalue weighted by Gasteiger charge is -2.25. The molecule has 0 saturated heterocycles. The highest BCUT2D eigenvalue weighted by molar-refractivity contribution is 5.99. The first-order chi connectivity index (χ1) is 15.2. The summed E-state index contributed by atoms with van der Waals surface area (Å²) in [6, 6.07) is 23.9. The molecule has 0 unspecified atom stereocenters. The van der Waals surface area contributed by atoms with E-state index in [-0.39, 0.29) is 1.43 Å². The maximum atomic E-state index is 5.43. The van der Waals surface area contributed by atoms with Gasteiger partial charge in [0.25, 0.3) is 0 Å². The molecular formula is C28H32N2O. The monoisotopic (exact) mass is 412 g/mol. The zero-order valence-electron chi connectivity index (χ0n) is 18.4. The molecule has 5 rings (SSSR count). The Bertz CT molecular complexity index is 1200. The van der Waals surface area contributed by atoms with Crippen LogP contribution >= 0.6 is 0 Å². The van der Waals surface area contributed by atoms with E-state index < -0.39 is 0 Å². The lowest BCUT2D eigenvalue weighted by atomic mass is 9.93. The normalized spacial score (nSPS) is 14.8. The molecule has 0 fully saturated rings. The smallest absolute Gasteiger partial charge is 0.119 e. The Morgan fingerprint density at radius 1 is 0.935 bits per heavy atom. The van der Waals surface area contributed by atoms with Crippen LogP contribution in [0.25, 0.3) is 22.0 Å². The summed E-state index contributed by atoms with van der Waals surface area (Å²) in [5.41, 5.74) is 9.44. The quantitative estimate of drug-likeness (QED) is 0.421. The minimum atomic E-state index is 0. The fourth-order valence-corrected chi connectivity index (χ4v) is 5.01. The van der Waals surface area contributed by atoms with Crippen LogP contribution in [0.15, 0.2) is 66.7 Å². The van der Waals surface area contributed by atoms with Gasteiger partial charge in [0, 0.05) is 31.1 Å². The summed E-state index contributed by atoms with van der Waals surface area (Å²) in [5, 5.41) is 1.40. The number of rotatable bonds is 4. The maximum absolute atomic E-state index is 5.43. The number of fused-ring (bicyclic) bond motifs is 3. The van der Waals surface area contributed by atoms with Gasteiger partial charge >= 0.3 is 0 Å². The number of aromatic amines is 1. The second-order valence-electron chi connectivity index (χ2n) is 8.61. The van der Waals surface area contributed by atoms with Crippen molar-refractivity contribution in [1.29, 1.82) is 0 Å². The zero-order valence-corrected chi connectivity index (χ0v) is 18.4. The molecule has 0 spiro atoms. The standard InChI is InChI=1S/C28H30N2O.H2/c1-20-18-22(31-2)13-14-23(20)24-10-6-11-27-28(24)25-15-17-30(16-7-12-26(25)29-27)19-21-8-4-3-5-9-21;/h3-6,8-11,13-14,18,29H,7,12,15-17,19H2,1-2H3;1H. The second kappa shape index (κ2) is 8.60. The number of aromatic nitrogens is 1. The van der Waals surface area contributed by atoms with Crippen molar-refractivity contribution >= 4 is 10.9 Å². The Labute approximate surface area is 186 Å². The van der Waals surface area contributed by atoms with Gasteiger partial charge < -0.3 is 9.72 Å². The van der Waals surface area contributed by atoms with Crippen molar-refractivity contribution in [1.82, 2.24) is 9.88 Å². The van der Waals surface area contributed by atoms with Crippen molar-refractivity contribution in [2.45, 2.75) is 32.7 Å². The van der Waals surface area contributed by atoms with Gasteiger partial charge in [-0.1, -0.05) is 48.5 Å². The SMILES string of the molecule is COc1ccc(-c2cccc3[nH]c4c(c23)CCN(Cc2ccccc2)CCC4)c(C)c1.[HH]. The van der Waals surface area contributed by atoms with Gasteiger partial charge in [-0.2, -0.15) is 0 Å². The van der Waals surface area contributed by atoms with Gasteiger partial charge in [-0.25, -0.2) is 0 Å². The average Bonchev–Trinajstić information content (AvgIpc) is 3.13. The maximum Gasteiger partial charge on any atom is 0.119 e. The highest BCUT2D eigenvalue weighted by Crippen LogP contribution is 2.37. The molecule has 31 heavy (non-hydrogen) atoms. The number of methoxy groups -OCH3 is 1. The Hall–Kier alpha value is -3.04. The van der Waals surface area contributed by atoms with E-state index >= 15 is 0 Å². The predicted octanol–water partition coefficient (Wildman–Crippen LogP) is 6.39. The number of nitrogens with one attached hydrogen (secondary N) is 1. The van der Waals surface area contributed by atoms with Crippen molar-refractivity contribution < 1.29 is 6.16 Å². The lowest BCUT2D eigenvalue weighted by Crippen LogP contribution is -2.29. The first-order valence-corrected chi connectivity index (χ1v) is 11.3. The molecule has 2 heterocycles. The summed E-state index contributed by atoms with van der Waals surface area (Å²) in [6.07, 6.45) is 3.37. The van der Waals surface area contributed by atoms with Crippen LogP contribution in [0, 0.1) is 6.92 Å². The van der Waals surface area contributed by atoms with Crippen molar-refractivity contribution in [3.8, 4) is 16.9 Å². The molecule has 3 nitrogen and oxygen atoms in total. The van der Waals surface area contributed by atoms with Gasteiger partial charge in [0.15, 0.2) is 0 Å². The highest BCUT2D eigenvalue weighted by atomic mass is 16.5. The summed E-state index contributed by atoms with van der Waals surface area (Å²) in [5.74, 6) is 0.911. The number of nitrogens with zero attached hydrogens (tertiary/aromatic N) is 1. The predicted molar refractivity (Wildman–Crippen MR) is 131 cm³/mol. The van der Waals surface area contributed by atoms with Crippen molar-refractivity contribution in [3.63, 3.8) is 0 Å². The fraction of sp³-hybridized carbons (Fsp3) is 0.286. The van der Waals surface area contributed by atoms with Crippen LogP contribution in [0.3, 0.4) is 0 Å². The van der Waals surface area contributed by atoms with Gasteiger partial charge in [0.1, 0.15) is 5.75 Å². The zero-order chi connectivity index (χ0) is 21.2. The summed E-state index contributed by atoms with van der Waals surface area (Å²) in [4.78, 5) is 6.37. The summed E-state index contributed by atoms with van der Waals surface area (Å²) >= 11 is 0. The third-order valence-electron chi connectivity index (χ3n) is 6.57. The number of aryl methyl sites for hydroxylation is 2. The van der Waals surface area contributed by atoms with E-state index in [4.69, 9.17) is 4.74 Å². The summed E-state index contributed by atoms with van der Waals surface area (Å²) in [7, 11) is 1.73. The second-order valence-corrected chi connectivity index (χ2v) is 8.61. The van der Waals surface area contributed by atoms with Gasteiger partial charge in [-0.3, -0.25) is 4.90 Å². The van der Waals surface area contributed by atoms with Crippen molar-refractivity contribution in [2.24, 2.45) is 0 Å². The molecule has 3 heteroatoms. The molecule has 1 N–H and O–H groups in total. The average molecular weight is 413 g/mol. The van der Waals surface area contributed by atoms with E-state index in [0.717, 1.165) is 38.2 Å². The third kappa shape index (κ3) is 3.98. The molecule has 0 bridgehead atoms. The largest absolute Gasteiger partial charge is 0.497 e. The Morgan fingerprint density at radius 3 is 2.61 bits per heavy atom. The van der Waals surface area contributed by atoms with E-state index in [1.807, 2.05) is 0 Å². The molecule has 0 radical (unpaired) electrons. The molecule has 3 aromatic carbocycles. The topological polar surface area (TPSA) is 28.3 Å². The molecule has 160 valence electrons. The molecule has 1 aromatic heterocycles. The minimum absolute atomic E-state index is 0. The van der Waals surface area contributed by atoms with E-state index in [2.05, 4.69) is 83.5 Å². The summed E-state index contributed by atoms with van der Waals surface area (Å²) < 4.78 is 5.43. The molecule has 0 atom stereocenters. The van der Waals surface area contributed by atoms with Crippen LogP contribution < -0.4 is 4.74 Å². The first-order valence-electron chi connectivity index (χ1n) is 11.3. The molecule has 1 aliphatic heterocycles. The fourth-order valence-electron chi connectivity index (χ4n) is 5.01. The molecular weight excluding hydrogens is 380 g/mol. The number of hydrogen-bond acceptors (Lipinski definition) is 2. The molecule has 4 aromatic rings. The third-order valence-corrected chi connectivity index (χ3v) is 6.57. The molecule has 1 aliphatic rings. The highest BCUT2D eigenvalue weighted by Gasteiger charge is 2.20. The van der Waals surface area contributed by atoms with Crippen LogP contribution in [0.5, 0.6) is 5.75 Å². The molecule has 0 aliphatic carbocycles. The number of ether oxygens (including phenoxy) is 1. The van der Waals surface area contributed by atoms with Crippen LogP contribution in [-0.2, 0) is 19.4 Å². The number of hydrogen-bond donors (Lipinski definition) is 1. The van der Waals surface area contributed by atoms with Gasteiger partial charge in [-0.15, -0.1) is 0 Å². The van der Waals surface area contributed by atoms with Crippen LogP contribution in [0.4, 0.5) is 0 Å². The molecule has 0 amide bonds.